The van der Waals surface area contributed by atoms with Gasteiger partial charge in [-0.3, -0.25) is 9.59 Å². The number of benzene rings is 2. The smallest absolute Gasteiger partial charge is 0.335 e. The average Bonchev–Trinajstić information content (AvgIpc) is 2.71. The Kier molecular flexibility index (Phi) is 7.90. The third-order valence-corrected chi connectivity index (χ3v) is 3.76. The lowest BCUT2D eigenvalue weighted by Gasteiger charge is -2.09. The van der Waals surface area contributed by atoms with Gasteiger partial charge in [-0.15, -0.1) is 0 Å². The molecule has 0 aliphatic heterocycles. The summed E-state index contributed by atoms with van der Waals surface area (Å²) >= 11 is 0. The van der Waals surface area contributed by atoms with Gasteiger partial charge in [-0.05, 0) is 35.7 Å². The highest BCUT2D eigenvalue weighted by Gasteiger charge is 2.12. The van der Waals surface area contributed by atoms with Crippen LogP contribution in [0, 0.1) is 5.92 Å². The highest BCUT2D eigenvalue weighted by Crippen LogP contribution is 2.18. The maximum Gasteiger partial charge on any atom is 0.335 e. The highest BCUT2D eigenvalue weighted by molar-refractivity contribution is 6.35. The molecule has 0 heterocycles. The molecule has 0 radical (unpaired) electrons. The molecule has 0 saturated heterocycles. The molecule has 8 heteroatoms. The predicted molar refractivity (Wildman–Crippen MR) is 108 cm³/mol. The first-order valence-corrected chi connectivity index (χ1v) is 9.02. The number of carbonyl (C=O) groups excluding carboxylic acids is 2. The lowest BCUT2D eigenvalue weighted by atomic mass is 10.1. The van der Waals surface area contributed by atoms with E-state index in [9.17, 15) is 14.4 Å². The van der Waals surface area contributed by atoms with Crippen molar-refractivity contribution in [3.05, 3.63) is 65.2 Å². The fraction of sp³-hybridized carbons (Fsp3) is 0.238. The molecule has 2 rings (SSSR count). The van der Waals surface area contributed by atoms with Crippen LogP contribution in [-0.4, -0.2) is 35.6 Å². The Balaban J connectivity index is 1.94. The van der Waals surface area contributed by atoms with Gasteiger partial charge >= 0.3 is 17.8 Å². The van der Waals surface area contributed by atoms with Crippen molar-refractivity contribution in [2.75, 3.05) is 6.54 Å². The molecule has 0 saturated carbocycles. The molecule has 3 N–H and O–H groups in total. The number of para-hydroxylation sites is 1. The van der Waals surface area contributed by atoms with Crippen LogP contribution in [0.2, 0.25) is 0 Å². The number of nitrogens with one attached hydrogen (secondary N) is 2. The Morgan fingerprint density at radius 1 is 1.07 bits per heavy atom. The first-order valence-electron chi connectivity index (χ1n) is 9.02. The van der Waals surface area contributed by atoms with Crippen LogP contribution < -0.4 is 15.5 Å². The summed E-state index contributed by atoms with van der Waals surface area (Å²) in [7, 11) is 0. The van der Waals surface area contributed by atoms with Crippen LogP contribution in [0.1, 0.15) is 35.3 Å². The van der Waals surface area contributed by atoms with E-state index in [1.54, 1.807) is 36.4 Å². The number of rotatable bonds is 8. The number of hydrogen-bond donors (Lipinski definition) is 3. The van der Waals surface area contributed by atoms with Crippen molar-refractivity contribution in [2.45, 2.75) is 20.5 Å². The molecule has 2 aromatic carbocycles. The zero-order valence-electron chi connectivity index (χ0n) is 16.2. The number of hydrogen-bond acceptors (Lipinski definition) is 5. The first-order chi connectivity index (χ1) is 13.9. The Hall–Kier alpha value is -3.68. The van der Waals surface area contributed by atoms with Crippen LogP contribution in [0.25, 0.3) is 0 Å². The number of carboxylic acid groups (broad SMARTS) is 1. The maximum absolute atomic E-state index is 11.7. The summed E-state index contributed by atoms with van der Waals surface area (Å²) in [5.41, 5.74) is 3.79. The lowest BCUT2D eigenvalue weighted by molar-refractivity contribution is -0.139. The molecular weight excluding hydrogens is 374 g/mol. The second kappa shape index (κ2) is 10.6. The van der Waals surface area contributed by atoms with Gasteiger partial charge in [-0.25, -0.2) is 10.2 Å². The SMILES string of the molecule is CC(C)CNC(=O)C(=O)N/N=C\c1ccccc1OCc1ccc(C(=O)O)cc1. The molecule has 29 heavy (non-hydrogen) atoms. The molecule has 0 spiro atoms. The molecule has 0 unspecified atom stereocenters. The first kappa shape index (κ1) is 21.6. The zero-order chi connectivity index (χ0) is 21.2. The largest absolute Gasteiger partial charge is 0.488 e. The summed E-state index contributed by atoms with van der Waals surface area (Å²) in [5, 5.41) is 15.2. The van der Waals surface area contributed by atoms with Gasteiger partial charge in [0.2, 0.25) is 0 Å². The van der Waals surface area contributed by atoms with E-state index in [-0.39, 0.29) is 18.1 Å². The van der Waals surface area contributed by atoms with Crippen molar-refractivity contribution in [2.24, 2.45) is 11.0 Å². The number of ether oxygens (including phenoxy) is 1. The van der Waals surface area contributed by atoms with Crippen molar-refractivity contribution in [3.8, 4) is 5.75 Å². The van der Waals surface area contributed by atoms with Gasteiger partial charge in [-0.1, -0.05) is 38.1 Å². The molecule has 0 aromatic heterocycles. The van der Waals surface area contributed by atoms with E-state index in [0.29, 0.717) is 17.9 Å². The number of nitrogens with zero attached hydrogens (tertiary/aromatic N) is 1. The second-order valence-corrected chi connectivity index (χ2v) is 6.63. The molecular formula is C21H23N3O5. The fourth-order valence-corrected chi connectivity index (χ4v) is 2.21. The van der Waals surface area contributed by atoms with E-state index in [1.165, 1.54) is 18.3 Å². The number of carboxylic acids is 1. The molecule has 0 aliphatic carbocycles. The van der Waals surface area contributed by atoms with Crippen LogP contribution in [0.15, 0.2) is 53.6 Å². The van der Waals surface area contributed by atoms with Crippen LogP contribution in [0.5, 0.6) is 5.75 Å². The van der Waals surface area contributed by atoms with E-state index in [4.69, 9.17) is 9.84 Å². The number of amides is 2. The van der Waals surface area contributed by atoms with Crippen LogP contribution in [-0.2, 0) is 16.2 Å². The predicted octanol–water partition coefficient (Wildman–Crippen LogP) is 2.19. The summed E-state index contributed by atoms with van der Waals surface area (Å²) < 4.78 is 5.76. The summed E-state index contributed by atoms with van der Waals surface area (Å²) in [6.45, 7) is 4.48. The van der Waals surface area contributed by atoms with Gasteiger partial charge < -0.3 is 15.2 Å². The standard InChI is InChI=1S/C21H23N3O5/c1-14(2)11-22-19(25)20(26)24-23-12-17-5-3-4-6-18(17)29-13-15-7-9-16(10-8-15)21(27)28/h3-10,12,14H,11,13H2,1-2H3,(H,22,25)(H,24,26)(H,27,28)/b23-12-. The van der Waals surface area contributed by atoms with Crippen molar-refractivity contribution < 1.29 is 24.2 Å². The van der Waals surface area contributed by atoms with E-state index < -0.39 is 17.8 Å². The quantitative estimate of drug-likeness (QED) is 0.359. The van der Waals surface area contributed by atoms with Crippen LogP contribution in [0.3, 0.4) is 0 Å². The minimum Gasteiger partial charge on any atom is -0.488 e. The monoisotopic (exact) mass is 397 g/mol. The highest BCUT2D eigenvalue weighted by atomic mass is 16.5. The van der Waals surface area contributed by atoms with Gasteiger partial charge in [0.25, 0.3) is 0 Å². The van der Waals surface area contributed by atoms with Gasteiger partial charge in [0.1, 0.15) is 12.4 Å². The van der Waals surface area contributed by atoms with Gasteiger partial charge in [0.05, 0.1) is 11.8 Å². The third kappa shape index (κ3) is 7.10. The third-order valence-electron chi connectivity index (χ3n) is 3.76. The molecule has 8 nitrogen and oxygen atoms in total. The summed E-state index contributed by atoms with van der Waals surface area (Å²) in [6, 6.07) is 13.4. The van der Waals surface area contributed by atoms with Gasteiger partial charge in [-0.2, -0.15) is 5.10 Å². The summed E-state index contributed by atoms with van der Waals surface area (Å²) in [5.74, 6) is -1.82. The van der Waals surface area contributed by atoms with E-state index in [1.807, 2.05) is 13.8 Å². The number of aromatic carboxylic acids is 1. The molecule has 2 aromatic rings. The Bertz CT molecular complexity index is 891. The zero-order valence-corrected chi connectivity index (χ0v) is 16.2. The van der Waals surface area contributed by atoms with Crippen molar-refractivity contribution in [1.82, 2.24) is 10.7 Å². The average molecular weight is 397 g/mol. The molecule has 0 atom stereocenters. The molecule has 0 bridgehead atoms. The van der Waals surface area contributed by atoms with E-state index in [2.05, 4.69) is 15.8 Å². The van der Waals surface area contributed by atoms with E-state index in [0.717, 1.165) is 5.56 Å². The summed E-state index contributed by atoms with van der Waals surface area (Å²) in [6.07, 6.45) is 1.39. The molecule has 2 amide bonds. The van der Waals surface area contributed by atoms with Gasteiger partial charge in [0.15, 0.2) is 0 Å². The van der Waals surface area contributed by atoms with Crippen molar-refractivity contribution >= 4 is 24.0 Å². The Morgan fingerprint density at radius 3 is 2.41 bits per heavy atom. The fourth-order valence-electron chi connectivity index (χ4n) is 2.21. The topological polar surface area (TPSA) is 117 Å². The number of hydrazone groups is 1. The van der Waals surface area contributed by atoms with Gasteiger partial charge in [0, 0.05) is 12.1 Å². The maximum atomic E-state index is 11.7. The molecule has 0 aliphatic rings. The van der Waals surface area contributed by atoms with E-state index >= 15 is 0 Å². The van der Waals surface area contributed by atoms with Crippen molar-refractivity contribution in [3.63, 3.8) is 0 Å². The summed E-state index contributed by atoms with van der Waals surface area (Å²) in [4.78, 5) is 34.2. The Morgan fingerprint density at radius 2 is 1.76 bits per heavy atom. The normalized spacial score (nSPS) is 10.7. The second-order valence-electron chi connectivity index (χ2n) is 6.63. The van der Waals surface area contributed by atoms with Crippen LogP contribution in [0.4, 0.5) is 0 Å². The van der Waals surface area contributed by atoms with Crippen LogP contribution >= 0.6 is 0 Å². The minimum atomic E-state index is -0.987. The molecule has 152 valence electrons. The minimum absolute atomic E-state index is 0.203. The van der Waals surface area contributed by atoms with Crippen molar-refractivity contribution in [1.29, 1.82) is 0 Å². The Labute approximate surface area is 168 Å². The molecule has 0 fully saturated rings. The lowest BCUT2D eigenvalue weighted by Crippen LogP contribution is -2.39. The number of carbonyl (C=O) groups is 3.